The minimum Gasteiger partial charge on any atom is -0.317 e. The van der Waals surface area contributed by atoms with Gasteiger partial charge in [0.2, 0.25) is 0 Å². The maximum atomic E-state index is 6.21. The molecule has 3 rings (SSSR count). The van der Waals surface area contributed by atoms with E-state index >= 15 is 0 Å². The summed E-state index contributed by atoms with van der Waals surface area (Å²) in [6, 6.07) is 8.20. The van der Waals surface area contributed by atoms with Gasteiger partial charge in [-0.05, 0) is 50.2 Å². The van der Waals surface area contributed by atoms with Crippen LogP contribution in [-0.4, -0.2) is 27.5 Å². The Balaban J connectivity index is 1.81. The number of nitrogens with zero attached hydrogens (tertiary/aromatic N) is 3. The molecular weight excluding hydrogens is 270 g/mol. The lowest BCUT2D eigenvalue weighted by molar-refractivity contribution is 0.272. The fraction of sp³-hybridized carbons (Fsp3) is 0.438. The summed E-state index contributed by atoms with van der Waals surface area (Å²) in [6.07, 6.45) is 9.15. The number of hydrogen-bond acceptors (Lipinski definition) is 2. The van der Waals surface area contributed by atoms with Crippen molar-refractivity contribution in [2.24, 2.45) is 0 Å². The molecule has 4 heteroatoms. The van der Waals surface area contributed by atoms with Crippen LogP contribution in [0, 0.1) is 0 Å². The summed E-state index contributed by atoms with van der Waals surface area (Å²) < 4.78 is 2.15. The van der Waals surface area contributed by atoms with Crippen LogP contribution in [-0.2, 0) is 6.54 Å². The third kappa shape index (κ3) is 3.05. The van der Waals surface area contributed by atoms with Crippen molar-refractivity contribution in [1.82, 2.24) is 14.5 Å². The van der Waals surface area contributed by atoms with E-state index < -0.39 is 0 Å². The molecule has 0 aromatic carbocycles. The Kier molecular flexibility index (Phi) is 4.38. The standard InChI is InChI=1S/C16H20ClN3/c17-16-15(8-5-9-18-16)20-12-6-7-14(20)13-19-10-3-1-2-4-11-19/h5-9,12H,1-4,10-11,13H2. The molecule has 0 spiro atoms. The first kappa shape index (κ1) is 13.7. The molecule has 0 radical (unpaired) electrons. The van der Waals surface area contributed by atoms with Gasteiger partial charge in [0, 0.05) is 24.6 Å². The third-order valence-electron chi connectivity index (χ3n) is 3.92. The van der Waals surface area contributed by atoms with Gasteiger partial charge in [-0.2, -0.15) is 0 Å². The van der Waals surface area contributed by atoms with E-state index in [1.165, 1.54) is 44.5 Å². The summed E-state index contributed by atoms with van der Waals surface area (Å²) in [6.45, 7) is 3.39. The van der Waals surface area contributed by atoms with Crippen LogP contribution in [0.25, 0.3) is 5.69 Å². The van der Waals surface area contributed by atoms with Crippen LogP contribution in [0.5, 0.6) is 0 Å². The molecule has 0 bridgehead atoms. The normalized spacial score (nSPS) is 17.1. The highest BCUT2D eigenvalue weighted by molar-refractivity contribution is 6.31. The molecule has 0 unspecified atom stereocenters. The van der Waals surface area contributed by atoms with Crippen molar-refractivity contribution in [1.29, 1.82) is 0 Å². The summed E-state index contributed by atoms with van der Waals surface area (Å²) in [7, 11) is 0. The first-order valence-corrected chi connectivity index (χ1v) is 7.72. The zero-order chi connectivity index (χ0) is 13.8. The van der Waals surface area contributed by atoms with Crippen LogP contribution < -0.4 is 0 Å². The molecule has 3 heterocycles. The van der Waals surface area contributed by atoms with E-state index in [2.05, 4.69) is 32.8 Å². The summed E-state index contributed by atoms with van der Waals surface area (Å²) in [5.74, 6) is 0. The smallest absolute Gasteiger partial charge is 0.152 e. The van der Waals surface area contributed by atoms with Crippen LogP contribution in [0.1, 0.15) is 31.4 Å². The number of halogens is 1. The summed E-state index contributed by atoms with van der Waals surface area (Å²) >= 11 is 6.21. The molecule has 0 atom stereocenters. The van der Waals surface area contributed by atoms with Crippen molar-refractivity contribution in [2.45, 2.75) is 32.2 Å². The predicted molar refractivity (Wildman–Crippen MR) is 82.3 cm³/mol. The fourth-order valence-corrected chi connectivity index (χ4v) is 3.07. The van der Waals surface area contributed by atoms with Crippen LogP contribution >= 0.6 is 11.6 Å². The van der Waals surface area contributed by atoms with Gasteiger partial charge in [-0.15, -0.1) is 0 Å². The second-order valence-electron chi connectivity index (χ2n) is 5.37. The van der Waals surface area contributed by atoms with E-state index in [0.29, 0.717) is 5.15 Å². The lowest BCUT2D eigenvalue weighted by atomic mass is 10.2. The van der Waals surface area contributed by atoms with Gasteiger partial charge < -0.3 is 4.57 Å². The molecule has 0 saturated carbocycles. The Labute approximate surface area is 125 Å². The molecule has 2 aromatic rings. The lowest BCUT2D eigenvalue weighted by Crippen LogP contribution is -2.25. The Morgan fingerprint density at radius 2 is 1.85 bits per heavy atom. The Hall–Kier alpha value is -1.32. The molecule has 1 aliphatic heterocycles. The van der Waals surface area contributed by atoms with Crippen molar-refractivity contribution >= 4 is 11.6 Å². The van der Waals surface area contributed by atoms with Gasteiger partial charge in [-0.1, -0.05) is 24.4 Å². The van der Waals surface area contributed by atoms with Crippen molar-refractivity contribution in [3.8, 4) is 5.69 Å². The second-order valence-corrected chi connectivity index (χ2v) is 5.73. The number of aromatic nitrogens is 2. The largest absolute Gasteiger partial charge is 0.317 e. The SMILES string of the molecule is Clc1ncccc1-n1cccc1CN1CCCCCC1. The number of pyridine rings is 1. The van der Waals surface area contributed by atoms with Gasteiger partial charge in [0.05, 0.1) is 5.69 Å². The number of likely N-dealkylation sites (tertiary alicyclic amines) is 1. The first-order valence-electron chi connectivity index (χ1n) is 7.34. The van der Waals surface area contributed by atoms with E-state index in [-0.39, 0.29) is 0 Å². The average molecular weight is 290 g/mol. The maximum absolute atomic E-state index is 6.21. The Morgan fingerprint density at radius 1 is 1.05 bits per heavy atom. The molecule has 0 aliphatic carbocycles. The van der Waals surface area contributed by atoms with Crippen LogP contribution in [0.4, 0.5) is 0 Å². The van der Waals surface area contributed by atoms with E-state index in [9.17, 15) is 0 Å². The molecule has 1 saturated heterocycles. The second kappa shape index (κ2) is 6.42. The molecule has 1 fully saturated rings. The van der Waals surface area contributed by atoms with Gasteiger partial charge in [0.25, 0.3) is 0 Å². The molecule has 0 N–H and O–H groups in total. The van der Waals surface area contributed by atoms with Crippen molar-refractivity contribution < 1.29 is 0 Å². The minimum atomic E-state index is 0.556. The van der Waals surface area contributed by atoms with Gasteiger partial charge in [0.15, 0.2) is 5.15 Å². The van der Waals surface area contributed by atoms with Crippen molar-refractivity contribution in [2.75, 3.05) is 13.1 Å². The van der Waals surface area contributed by atoms with E-state index in [0.717, 1.165) is 12.2 Å². The van der Waals surface area contributed by atoms with Gasteiger partial charge in [0.1, 0.15) is 0 Å². The summed E-state index contributed by atoms with van der Waals surface area (Å²) in [5.41, 5.74) is 2.24. The predicted octanol–water partition coefficient (Wildman–Crippen LogP) is 3.90. The highest BCUT2D eigenvalue weighted by Gasteiger charge is 2.13. The highest BCUT2D eigenvalue weighted by Crippen LogP contribution is 2.21. The third-order valence-corrected chi connectivity index (χ3v) is 4.21. The van der Waals surface area contributed by atoms with Crippen LogP contribution in [0.2, 0.25) is 5.15 Å². The minimum absolute atomic E-state index is 0.556. The first-order chi connectivity index (χ1) is 9.84. The lowest BCUT2D eigenvalue weighted by Gasteiger charge is -2.21. The molecule has 106 valence electrons. The van der Waals surface area contributed by atoms with E-state index in [1.54, 1.807) is 6.20 Å². The molecule has 1 aliphatic rings. The molecular formula is C16H20ClN3. The van der Waals surface area contributed by atoms with Crippen LogP contribution in [0.15, 0.2) is 36.7 Å². The Bertz CT molecular complexity index is 556. The topological polar surface area (TPSA) is 21.1 Å². The quantitative estimate of drug-likeness (QED) is 0.799. The van der Waals surface area contributed by atoms with Gasteiger partial charge >= 0.3 is 0 Å². The highest BCUT2D eigenvalue weighted by atomic mass is 35.5. The average Bonchev–Trinajstić information content (AvgIpc) is 2.75. The fourth-order valence-electron chi connectivity index (χ4n) is 2.86. The molecule has 2 aromatic heterocycles. The summed E-state index contributed by atoms with van der Waals surface area (Å²) in [5, 5.41) is 0.556. The Morgan fingerprint density at radius 3 is 2.60 bits per heavy atom. The number of hydrogen-bond donors (Lipinski definition) is 0. The van der Waals surface area contributed by atoms with Gasteiger partial charge in [-0.25, -0.2) is 4.98 Å². The monoisotopic (exact) mass is 289 g/mol. The molecule has 20 heavy (non-hydrogen) atoms. The van der Waals surface area contributed by atoms with E-state index in [1.807, 2.05) is 12.1 Å². The van der Waals surface area contributed by atoms with Gasteiger partial charge in [-0.3, -0.25) is 4.90 Å². The van der Waals surface area contributed by atoms with Crippen molar-refractivity contribution in [3.63, 3.8) is 0 Å². The molecule has 0 amide bonds. The summed E-state index contributed by atoms with van der Waals surface area (Å²) in [4.78, 5) is 6.71. The zero-order valence-corrected chi connectivity index (χ0v) is 12.4. The van der Waals surface area contributed by atoms with Crippen molar-refractivity contribution in [3.05, 3.63) is 47.5 Å². The number of rotatable bonds is 3. The maximum Gasteiger partial charge on any atom is 0.152 e. The zero-order valence-electron chi connectivity index (χ0n) is 11.6. The van der Waals surface area contributed by atoms with E-state index in [4.69, 9.17) is 11.6 Å². The van der Waals surface area contributed by atoms with Crippen LogP contribution in [0.3, 0.4) is 0 Å². The molecule has 3 nitrogen and oxygen atoms in total.